The number of carbonyl (C=O) groups excluding carboxylic acids is 1. The number of hydrogen-bond donors (Lipinski definition) is 0. The van der Waals surface area contributed by atoms with Crippen molar-refractivity contribution in [2.45, 2.75) is 17.2 Å². The van der Waals surface area contributed by atoms with E-state index in [-0.39, 0.29) is 23.9 Å². The SMILES string of the molecule is O=C(Cc1ccccc1F)C1CSc2ccccc21. The first kappa shape index (κ1) is 12.4. The average molecular weight is 272 g/mol. The van der Waals surface area contributed by atoms with Crippen LogP contribution in [0.15, 0.2) is 53.4 Å². The molecule has 0 bridgehead atoms. The second-order valence-electron chi connectivity index (χ2n) is 4.64. The summed E-state index contributed by atoms with van der Waals surface area (Å²) in [6, 6.07) is 14.5. The van der Waals surface area contributed by atoms with Gasteiger partial charge < -0.3 is 0 Å². The van der Waals surface area contributed by atoms with Gasteiger partial charge in [0, 0.05) is 17.1 Å². The molecule has 0 N–H and O–H groups in total. The Bertz CT molecular complexity index is 624. The number of rotatable bonds is 3. The molecular formula is C16H13FOS. The van der Waals surface area contributed by atoms with E-state index in [9.17, 15) is 9.18 Å². The third-order valence-electron chi connectivity index (χ3n) is 3.41. The minimum absolute atomic E-state index is 0.0965. The molecule has 1 heterocycles. The maximum Gasteiger partial charge on any atom is 0.145 e. The molecule has 3 rings (SSSR count). The van der Waals surface area contributed by atoms with Crippen molar-refractivity contribution in [2.24, 2.45) is 0 Å². The normalized spacial score (nSPS) is 17.2. The standard InChI is InChI=1S/C16H13FOS/c17-14-7-3-1-5-11(14)9-15(18)13-10-19-16-8-4-2-6-12(13)16/h1-8,13H,9-10H2. The van der Waals surface area contributed by atoms with E-state index in [0.717, 1.165) is 11.3 Å². The van der Waals surface area contributed by atoms with Gasteiger partial charge in [-0.25, -0.2) is 4.39 Å². The van der Waals surface area contributed by atoms with Gasteiger partial charge in [0.05, 0.1) is 5.92 Å². The summed E-state index contributed by atoms with van der Waals surface area (Å²) in [5.41, 5.74) is 1.58. The Kier molecular flexibility index (Phi) is 3.38. The van der Waals surface area contributed by atoms with Crippen LogP contribution in [-0.4, -0.2) is 11.5 Å². The van der Waals surface area contributed by atoms with Crippen LogP contribution in [0.1, 0.15) is 17.0 Å². The van der Waals surface area contributed by atoms with Crippen molar-refractivity contribution in [2.75, 3.05) is 5.75 Å². The molecule has 19 heavy (non-hydrogen) atoms. The summed E-state index contributed by atoms with van der Waals surface area (Å²) in [6.45, 7) is 0. The van der Waals surface area contributed by atoms with E-state index in [4.69, 9.17) is 0 Å². The zero-order valence-corrected chi connectivity index (χ0v) is 11.1. The number of thioether (sulfide) groups is 1. The highest BCUT2D eigenvalue weighted by atomic mass is 32.2. The topological polar surface area (TPSA) is 17.1 Å². The number of ketones is 1. The van der Waals surface area contributed by atoms with Crippen molar-refractivity contribution in [3.8, 4) is 0 Å². The van der Waals surface area contributed by atoms with Crippen molar-refractivity contribution < 1.29 is 9.18 Å². The first-order valence-corrected chi connectivity index (χ1v) is 7.22. The molecule has 1 aliphatic rings. The Morgan fingerprint density at radius 1 is 1.16 bits per heavy atom. The highest BCUT2D eigenvalue weighted by Crippen LogP contribution is 2.40. The molecule has 0 saturated heterocycles. The number of carbonyl (C=O) groups is 1. The summed E-state index contributed by atoms with van der Waals surface area (Å²) >= 11 is 1.70. The molecule has 0 radical (unpaired) electrons. The van der Waals surface area contributed by atoms with Gasteiger partial charge in [-0.2, -0.15) is 0 Å². The lowest BCUT2D eigenvalue weighted by molar-refractivity contribution is -0.119. The Morgan fingerprint density at radius 3 is 2.74 bits per heavy atom. The number of Topliss-reactive ketones (excluding diaryl/α,β-unsaturated/α-hetero) is 1. The molecule has 96 valence electrons. The second kappa shape index (κ2) is 5.17. The molecule has 3 heteroatoms. The van der Waals surface area contributed by atoms with Crippen LogP contribution in [0.25, 0.3) is 0 Å². The third-order valence-corrected chi connectivity index (χ3v) is 4.59. The Hall–Kier alpha value is -1.61. The van der Waals surface area contributed by atoms with Crippen LogP contribution in [-0.2, 0) is 11.2 Å². The van der Waals surface area contributed by atoms with E-state index < -0.39 is 0 Å². The summed E-state index contributed by atoms with van der Waals surface area (Å²) in [7, 11) is 0. The third kappa shape index (κ3) is 2.43. The fourth-order valence-electron chi connectivity index (χ4n) is 2.38. The highest BCUT2D eigenvalue weighted by molar-refractivity contribution is 7.99. The maximum absolute atomic E-state index is 13.6. The van der Waals surface area contributed by atoms with Gasteiger partial charge in [-0.1, -0.05) is 36.4 Å². The van der Waals surface area contributed by atoms with E-state index in [1.165, 1.54) is 11.0 Å². The van der Waals surface area contributed by atoms with Gasteiger partial charge in [0.1, 0.15) is 11.6 Å². The lowest BCUT2D eigenvalue weighted by Gasteiger charge is -2.10. The monoisotopic (exact) mass is 272 g/mol. The lowest BCUT2D eigenvalue weighted by Crippen LogP contribution is -2.15. The van der Waals surface area contributed by atoms with Gasteiger partial charge in [-0.15, -0.1) is 11.8 Å². The zero-order chi connectivity index (χ0) is 13.2. The van der Waals surface area contributed by atoms with E-state index in [1.54, 1.807) is 30.0 Å². The summed E-state index contributed by atoms with van der Waals surface area (Å²) in [6.07, 6.45) is 0.173. The van der Waals surface area contributed by atoms with E-state index in [1.807, 2.05) is 24.3 Å². The van der Waals surface area contributed by atoms with Crippen molar-refractivity contribution in [1.82, 2.24) is 0 Å². The number of benzene rings is 2. The number of halogens is 1. The van der Waals surface area contributed by atoms with Crippen LogP contribution >= 0.6 is 11.8 Å². The van der Waals surface area contributed by atoms with Crippen LogP contribution in [0.3, 0.4) is 0 Å². The molecule has 0 amide bonds. The molecule has 0 saturated carbocycles. The molecule has 2 aromatic rings. The van der Waals surface area contributed by atoms with Gasteiger partial charge in [0.25, 0.3) is 0 Å². The Morgan fingerprint density at radius 2 is 1.89 bits per heavy atom. The fourth-order valence-corrected chi connectivity index (χ4v) is 3.65. The molecule has 0 aromatic heterocycles. The van der Waals surface area contributed by atoms with Gasteiger partial charge in [-0.3, -0.25) is 4.79 Å². The Labute approximate surface area is 115 Å². The smallest absolute Gasteiger partial charge is 0.145 e. The van der Waals surface area contributed by atoms with Gasteiger partial charge in [0.2, 0.25) is 0 Å². The van der Waals surface area contributed by atoms with Crippen LogP contribution < -0.4 is 0 Å². The summed E-state index contributed by atoms with van der Waals surface area (Å²) < 4.78 is 13.6. The molecule has 0 fully saturated rings. The minimum atomic E-state index is -0.296. The highest BCUT2D eigenvalue weighted by Gasteiger charge is 2.28. The summed E-state index contributed by atoms with van der Waals surface area (Å²) in [5, 5.41) is 0. The van der Waals surface area contributed by atoms with E-state index in [2.05, 4.69) is 0 Å². The first-order valence-electron chi connectivity index (χ1n) is 6.23. The predicted octanol–water partition coefficient (Wildman–Crippen LogP) is 3.83. The Balaban J connectivity index is 1.81. The molecule has 1 nitrogen and oxygen atoms in total. The first-order chi connectivity index (χ1) is 9.25. The molecule has 1 unspecified atom stereocenters. The molecule has 0 aliphatic carbocycles. The fraction of sp³-hybridized carbons (Fsp3) is 0.188. The van der Waals surface area contributed by atoms with Gasteiger partial charge in [-0.05, 0) is 23.3 Å². The van der Waals surface area contributed by atoms with E-state index >= 15 is 0 Å². The largest absolute Gasteiger partial charge is 0.299 e. The van der Waals surface area contributed by atoms with Crippen LogP contribution in [0.4, 0.5) is 4.39 Å². The predicted molar refractivity (Wildman–Crippen MR) is 75.0 cm³/mol. The second-order valence-corrected chi connectivity index (χ2v) is 5.70. The minimum Gasteiger partial charge on any atom is -0.299 e. The van der Waals surface area contributed by atoms with E-state index in [0.29, 0.717) is 5.56 Å². The number of hydrogen-bond acceptors (Lipinski definition) is 2. The molecule has 1 atom stereocenters. The van der Waals surface area contributed by atoms with Crippen LogP contribution in [0.5, 0.6) is 0 Å². The van der Waals surface area contributed by atoms with Crippen molar-refractivity contribution >= 4 is 17.5 Å². The van der Waals surface area contributed by atoms with Gasteiger partial charge >= 0.3 is 0 Å². The summed E-state index contributed by atoms with van der Waals surface area (Å²) in [5.74, 6) is 0.477. The van der Waals surface area contributed by atoms with Gasteiger partial charge in [0.15, 0.2) is 0 Å². The molecular weight excluding hydrogens is 259 g/mol. The number of fused-ring (bicyclic) bond motifs is 1. The van der Waals surface area contributed by atoms with Crippen molar-refractivity contribution in [1.29, 1.82) is 0 Å². The zero-order valence-electron chi connectivity index (χ0n) is 10.3. The summed E-state index contributed by atoms with van der Waals surface area (Å²) in [4.78, 5) is 13.5. The lowest BCUT2D eigenvalue weighted by atomic mass is 9.93. The average Bonchev–Trinajstić information content (AvgIpc) is 2.85. The quantitative estimate of drug-likeness (QED) is 0.844. The molecule has 1 aliphatic heterocycles. The van der Waals surface area contributed by atoms with Crippen molar-refractivity contribution in [3.05, 3.63) is 65.5 Å². The molecule has 2 aromatic carbocycles. The van der Waals surface area contributed by atoms with Crippen molar-refractivity contribution in [3.63, 3.8) is 0 Å². The molecule has 0 spiro atoms. The maximum atomic E-state index is 13.6. The van der Waals surface area contributed by atoms with Crippen LogP contribution in [0, 0.1) is 5.82 Å². The van der Waals surface area contributed by atoms with Crippen LogP contribution in [0.2, 0.25) is 0 Å².